The van der Waals surface area contributed by atoms with Gasteiger partial charge < -0.3 is 15.0 Å². The van der Waals surface area contributed by atoms with Gasteiger partial charge in [0.15, 0.2) is 0 Å². The molecule has 4 aromatic rings. The Balaban J connectivity index is 1.47. The van der Waals surface area contributed by atoms with Gasteiger partial charge in [-0.15, -0.1) is 0 Å². The smallest absolute Gasteiger partial charge is 0.257 e. The number of nitrogens with zero attached hydrogens (tertiary/aromatic N) is 2. The first-order valence-electron chi connectivity index (χ1n) is 11.9. The van der Waals surface area contributed by atoms with E-state index in [4.69, 9.17) is 0 Å². The molecule has 2 fully saturated rings. The predicted molar refractivity (Wildman–Crippen MR) is 136 cm³/mol. The second-order valence-electron chi connectivity index (χ2n) is 9.44. The lowest BCUT2D eigenvalue weighted by atomic mass is 9.95. The molecule has 2 aliphatic rings. The molecule has 2 unspecified atom stereocenters. The Morgan fingerprint density at radius 3 is 2.69 bits per heavy atom. The van der Waals surface area contributed by atoms with Crippen molar-refractivity contribution in [1.82, 2.24) is 14.9 Å². The number of fused-ring (bicyclic) bond motifs is 1. The zero-order chi connectivity index (χ0) is 24.1. The summed E-state index contributed by atoms with van der Waals surface area (Å²) in [5.74, 6) is 0.239. The van der Waals surface area contributed by atoms with E-state index in [2.05, 4.69) is 29.0 Å². The van der Waals surface area contributed by atoms with E-state index < -0.39 is 0 Å². The number of allylic oxidation sites excluding steroid dienone is 1. The third kappa shape index (κ3) is 3.91. The maximum Gasteiger partial charge on any atom is 0.257 e. The van der Waals surface area contributed by atoms with Crippen molar-refractivity contribution in [2.75, 3.05) is 0 Å². The van der Waals surface area contributed by atoms with Crippen LogP contribution in [-0.2, 0) is 0 Å². The summed E-state index contributed by atoms with van der Waals surface area (Å²) in [6, 6.07) is 19.8. The molecule has 2 aliphatic carbocycles. The van der Waals surface area contributed by atoms with E-state index in [1.165, 1.54) is 5.56 Å². The maximum absolute atomic E-state index is 13.1. The number of nitrogens with one attached hydrogen (secondary N) is 1. The first-order chi connectivity index (χ1) is 17.0. The number of carbonyl (C=O) groups is 1. The van der Waals surface area contributed by atoms with E-state index in [1.54, 1.807) is 24.5 Å². The SMILES string of the molecule is C=C(O)C1CC1c1ccccc1-c1cccc(-n2cc(C(=O)NC3CC3)c(=O)c3cccnc32)c1. The van der Waals surface area contributed by atoms with Gasteiger partial charge in [-0.25, -0.2) is 4.98 Å². The standard InChI is InChI=1S/C29H25N3O3/c1-17(33)24-15-25(24)22-9-3-2-8-21(22)18-6-4-7-20(14-18)32-16-26(29(35)31-19-11-12-19)27(34)23-10-5-13-30-28(23)32/h2-10,13-14,16,19,24-25,33H,1,11-12,15H2,(H,31,35). The molecule has 2 heterocycles. The van der Waals surface area contributed by atoms with Crippen molar-refractivity contribution in [2.24, 2.45) is 5.92 Å². The number of aliphatic hydroxyl groups excluding tert-OH is 1. The van der Waals surface area contributed by atoms with Crippen LogP contribution in [0.3, 0.4) is 0 Å². The van der Waals surface area contributed by atoms with Crippen LogP contribution >= 0.6 is 0 Å². The average molecular weight is 464 g/mol. The summed E-state index contributed by atoms with van der Waals surface area (Å²) in [4.78, 5) is 30.5. The second-order valence-corrected chi connectivity index (χ2v) is 9.44. The number of hydrogen-bond acceptors (Lipinski definition) is 4. The highest BCUT2D eigenvalue weighted by Crippen LogP contribution is 2.53. The number of benzene rings is 2. The van der Waals surface area contributed by atoms with Gasteiger partial charge in [0.05, 0.1) is 11.1 Å². The fourth-order valence-corrected chi connectivity index (χ4v) is 4.82. The van der Waals surface area contributed by atoms with Crippen molar-refractivity contribution in [1.29, 1.82) is 0 Å². The molecule has 0 bridgehead atoms. The fraction of sp³-hybridized carbons (Fsp3) is 0.207. The lowest BCUT2D eigenvalue weighted by Gasteiger charge is -2.15. The van der Waals surface area contributed by atoms with Gasteiger partial charge in [0, 0.05) is 30.0 Å². The number of pyridine rings is 2. The Hall–Kier alpha value is -4.19. The highest BCUT2D eigenvalue weighted by atomic mass is 16.3. The van der Waals surface area contributed by atoms with Crippen LogP contribution in [0.2, 0.25) is 0 Å². The largest absolute Gasteiger partial charge is 0.513 e. The molecule has 2 N–H and O–H groups in total. The van der Waals surface area contributed by atoms with Gasteiger partial charge in [-0.05, 0) is 66.1 Å². The molecule has 1 amide bonds. The van der Waals surface area contributed by atoms with Crippen molar-refractivity contribution in [2.45, 2.75) is 31.2 Å². The van der Waals surface area contributed by atoms with Gasteiger partial charge in [0.1, 0.15) is 11.2 Å². The molecule has 2 aromatic heterocycles. The molecule has 0 spiro atoms. The zero-order valence-electron chi connectivity index (χ0n) is 19.1. The van der Waals surface area contributed by atoms with Gasteiger partial charge in [0.2, 0.25) is 5.43 Å². The number of rotatable bonds is 6. The van der Waals surface area contributed by atoms with Crippen LogP contribution in [0.15, 0.2) is 90.2 Å². The molecular formula is C29H25N3O3. The minimum absolute atomic E-state index is 0.0963. The van der Waals surface area contributed by atoms with Gasteiger partial charge in [0.25, 0.3) is 5.91 Å². The van der Waals surface area contributed by atoms with E-state index in [0.717, 1.165) is 36.1 Å². The minimum Gasteiger partial charge on any atom is -0.513 e. The molecule has 6 nitrogen and oxygen atoms in total. The van der Waals surface area contributed by atoms with Crippen LogP contribution in [0, 0.1) is 5.92 Å². The molecule has 35 heavy (non-hydrogen) atoms. The summed E-state index contributed by atoms with van der Waals surface area (Å²) >= 11 is 0. The molecule has 0 aliphatic heterocycles. The summed E-state index contributed by atoms with van der Waals surface area (Å²) < 4.78 is 1.82. The Morgan fingerprint density at radius 2 is 1.91 bits per heavy atom. The number of carbonyl (C=O) groups excluding carboxylic acids is 1. The molecule has 2 aromatic carbocycles. The summed E-state index contributed by atoms with van der Waals surface area (Å²) in [6.45, 7) is 3.72. The molecule has 0 saturated heterocycles. The van der Waals surface area contributed by atoms with Crippen molar-refractivity contribution < 1.29 is 9.90 Å². The first kappa shape index (κ1) is 21.4. The Labute approximate surface area is 202 Å². The van der Waals surface area contributed by atoms with Crippen molar-refractivity contribution >= 4 is 16.9 Å². The van der Waals surface area contributed by atoms with Crippen LogP contribution in [0.4, 0.5) is 0 Å². The van der Waals surface area contributed by atoms with E-state index in [9.17, 15) is 14.7 Å². The number of aromatic nitrogens is 2. The highest BCUT2D eigenvalue weighted by Gasteiger charge is 2.41. The van der Waals surface area contributed by atoms with Crippen molar-refractivity contribution in [3.8, 4) is 16.8 Å². The van der Waals surface area contributed by atoms with Crippen LogP contribution in [0.25, 0.3) is 27.8 Å². The van der Waals surface area contributed by atoms with E-state index >= 15 is 0 Å². The van der Waals surface area contributed by atoms with Gasteiger partial charge in [-0.2, -0.15) is 0 Å². The van der Waals surface area contributed by atoms with Crippen LogP contribution in [0.5, 0.6) is 0 Å². The summed E-state index contributed by atoms with van der Waals surface area (Å²) in [5.41, 5.74) is 4.40. The van der Waals surface area contributed by atoms with Crippen molar-refractivity contribution in [3.63, 3.8) is 0 Å². The topological polar surface area (TPSA) is 84.2 Å². The maximum atomic E-state index is 13.1. The van der Waals surface area contributed by atoms with Crippen LogP contribution in [0.1, 0.15) is 41.1 Å². The van der Waals surface area contributed by atoms with E-state index in [0.29, 0.717) is 11.0 Å². The van der Waals surface area contributed by atoms with E-state index in [-0.39, 0.29) is 40.5 Å². The van der Waals surface area contributed by atoms with Gasteiger partial charge in [-0.3, -0.25) is 9.59 Å². The Kier molecular flexibility index (Phi) is 5.02. The second kappa shape index (κ2) is 8.24. The molecule has 6 heteroatoms. The molecule has 6 rings (SSSR count). The summed E-state index contributed by atoms with van der Waals surface area (Å²) in [7, 11) is 0. The number of hydrogen-bond donors (Lipinski definition) is 2. The molecule has 2 atom stereocenters. The van der Waals surface area contributed by atoms with Gasteiger partial charge >= 0.3 is 0 Å². The fourth-order valence-electron chi connectivity index (χ4n) is 4.82. The summed E-state index contributed by atoms with van der Waals surface area (Å²) in [6.07, 6.45) is 6.03. The molecule has 0 radical (unpaired) electrons. The summed E-state index contributed by atoms with van der Waals surface area (Å²) in [5, 5.41) is 13.2. The molecule has 174 valence electrons. The minimum atomic E-state index is -0.345. The lowest BCUT2D eigenvalue weighted by molar-refractivity contribution is 0.0949. The average Bonchev–Trinajstić information content (AvgIpc) is 3.80. The Bertz CT molecular complexity index is 1550. The predicted octanol–water partition coefficient (Wildman–Crippen LogP) is 5.12. The van der Waals surface area contributed by atoms with Crippen molar-refractivity contribution in [3.05, 3.63) is 107 Å². The highest BCUT2D eigenvalue weighted by molar-refractivity contribution is 5.97. The normalized spacial score (nSPS) is 18.9. The first-order valence-corrected chi connectivity index (χ1v) is 11.9. The Morgan fingerprint density at radius 1 is 1.09 bits per heavy atom. The third-order valence-corrected chi connectivity index (χ3v) is 6.93. The monoisotopic (exact) mass is 463 g/mol. The number of amides is 1. The van der Waals surface area contributed by atoms with Crippen LogP contribution < -0.4 is 10.7 Å². The van der Waals surface area contributed by atoms with E-state index in [1.807, 2.05) is 41.0 Å². The zero-order valence-corrected chi connectivity index (χ0v) is 19.1. The number of aliphatic hydroxyl groups is 1. The molecule has 2 saturated carbocycles. The quantitative estimate of drug-likeness (QED) is 0.389. The molecular weight excluding hydrogens is 438 g/mol. The van der Waals surface area contributed by atoms with Gasteiger partial charge in [-0.1, -0.05) is 43.0 Å². The lowest BCUT2D eigenvalue weighted by Crippen LogP contribution is -2.31. The third-order valence-electron chi connectivity index (χ3n) is 6.93. The van der Waals surface area contributed by atoms with Crippen LogP contribution in [-0.4, -0.2) is 26.6 Å².